The summed E-state index contributed by atoms with van der Waals surface area (Å²) in [6.07, 6.45) is 0.0116. The number of carbonyl (C=O) groups is 4. The van der Waals surface area contributed by atoms with Crippen LogP contribution in [0.3, 0.4) is 0 Å². The van der Waals surface area contributed by atoms with E-state index in [1.54, 1.807) is 24.3 Å². The number of nitrogens with two attached hydrogens (primary N) is 2. The van der Waals surface area contributed by atoms with E-state index < -0.39 is 41.8 Å². The van der Waals surface area contributed by atoms with Crippen LogP contribution >= 0.6 is 17.0 Å². The highest BCUT2D eigenvalue weighted by molar-refractivity contribution is 8.93. The largest absolute Gasteiger partial charge is 0.467 e. The maximum Gasteiger partial charge on any atom is 0.328 e. The molecule has 0 radical (unpaired) electrons. The predicted octanol–water partition coefficient (Wildman–Crippen LogP) is 0.395. The Labute approximate surface area is 203 Å². The van der Waals surface area contributed by atoms with Crippen LogP contribution in [-0.2, 0) is 36.8 Å². The van der Waals surface area contributed by atoms with Crippen LogP contribution in [0.1, 0.15) is 17.5 Å². The number of halogens is 1. The highest BCUT2D eigenvalue weighted by atomic mass is 79.9. The van der Waals surface area contributed by atoms with Crippen molar-refractivity contribution in [2.75, 3.05) is 7.11 Å². The zero-order valence-electron chi connectivity index (χ0n) is 18.2. The number of hydrogen-bond donors (Lipinski definition) is 4. The van der Waals surface area contributed by atoms with E-state index >= 15 is 0 Å². The molecular weight excluding hydrogens is 492 g/mol. The summed E-state index contributed by atoms with van der Waals surface area (Å²) in [6, 6.07) is 15.0. The lowest BCUT2D eigenvalue weighted by Gasteiger charge is -2.23. The molecule has 3 unspecified atom stereocenters. The first-order chi connectivity index (χ1) is 15.3. The number of amides is 3. The molecule has 6 N–H and O–H groups in total. The fourth-order valence-corrected chi connectivity index (χ4v) is 3.10. The van der Waals surface area contributed by atoms with Crippen LogP contribution in [-0.4, -0.2) is 48.9 Å². The molecule has 0 aliphatic rings. The average molecular weight is 521 g/mol. The molecule has 0 fully saturated rings. The second-order valence-corrected chi connectivity index (χ2v) is 7.30. The topological polar surface area (TPSA) is 154 Å². The molecule has 0 aliphatic carbocycles. The molecule has 0 saturated carbocycles. The fourth-order valence-electron chi connectivity index (χ4n) is 3.10. The fraction of sp³-hybridized carbons (Fsp3) is 0.304. The number of carbonyl (C=O) groups excluding carboxylic acids is 4. The van der Waals surface area contributed by atoms with Crippen LogP contribution in [0.15, 0.2) is 60.7 Å². The van der Waals surface area contributed by atoms with E-state index in [4.69, 9.17) is 16.2 Å². The van der Waals surface area contributed by atoms with Crippen LogP contribution in [0.25, 0.3) is 0 Å². The Bertz CT molecular complexity index is 927. The Morgan fingerprint density at radius 2 is 1.27 bits per heavy atom. The normalized spacial score (nSPS) is 12.9. The Morgan fingerprint density at radius 3 is 1.73 bits per heavy atom. The summed E-state index contributed by atoms with van der Waals surface area (Å²) in [7, 11) is 1.23. The lowest BCUT2D eigenvalue weighted by molar-refractivity contribution is -0.145. The van der Waals surface area contributed by atoms with Crippen molar-refractivity contribution in [1.29, 1.82) is 0 Å². The van der Waals surface area contributed by atoms with E-state index in [2.05, 4.69) is 10.6 Å². The number of methoxy groups -OCH3 is 1. The van der Waals surface area contributed by atoms with Crippen LogP contribution in [0.5, 0.6) is 0 Å². The lowest BCUT2D eigenvalue weighted by Crippen LogP contribution is -2.56. The van der Waals surface area contributed by atoms with Gasteiger partial charge in [-0.3, -0.25) is 14.4 Å². The molecule has 0 saturated heterocycles. The van der Waals surface area contributed by atoms with Crippen LogP contribution in [0, 0.1) is 0 Å². The maximum atomic E-state index is 13.1. The van der Waals surface area contributed by atoms with E-state index in [0.717, 1.165) is 11.1 Å². The van der Waals surface area contributed by atoms with Crippen molar-refractivity contribution in [3.63, 3.8) is 0 Å². The van der Waals surface area contributed by atoms with Crippen molar-refractivity contribution in [2.24, 2.45) is 11.5 Å². The summed E-state index contributed by atoms with van der Waals surface area (Å²) < 4.78 is 4.83. The van der Waals surface area contributed by atoms with E-state index in [1.807, 2.05) is 36.4 Å². The second kappa shape index (κ2) is 14.0. The van der Waals surface area contributed by atoms with Crippen LogP contribution < -0.4 is 22.1 Å². The van der Waals surface area contributed by atoms with Crippen LogP contribution in [0.2, 0.25) is 0 Å². The van der Waals surface area contributed by atoms with Gasteiger partial charge in [0.2, 0.25) is 17.7 Å². The van der Waals surface area contributed by atoms with Crippen molar-refractivity contribution in [1.82, 2.24) is 10.6 Å². The molecule has 10 heteroatoms. The van der Waals surface area contributed by atoms with Gasteiger partial charge in [0.05, 0.1) is 19.6 Å². The summed E-state index contributed by atoms with van der Waals surface area (Å²) in [5.41, 5.74) is 12.4. The summed E-state index contributed by atoms with van der Waals surface area (Å²) in [5, 5.41) is 5.22. The van der Waals surface area contributed by atoms with E-state index in [1.165, 1.54) is 7.11 Å². The molecule has 3 amide bonds. The Morgan fingerprint density at radius 1 is 0.818 bits per heavy atom. The minimum absolute atomic E-state index is 0. The molecular formula is C23H29BrN4O5. The molecule has 33 heavy (non-hydrogen) atoms. The third-order valence-corrected chi connectivity index (χ3v) is 4.76. The van der Waals surface area contributed by atoms with Gasteiger partial charge in [-0.1, -0.05) is 60.7 Å². The van der Waals surface area contributed by atoms with E-state index in [-0.39, 0.29) is 36.2 Å². The number of rotatable bonds is 11. The SMILES string of the molecule is Br.COC(=O)C(Cc1ccccc1)NC(=O)C(Cc1ccccc1)NC(=O)C(N)CC(N)=O. The quantitative estimate of drug-likeness (QED) is 0.314. The number of primary amides is 1. The molecule has 0 aromatic heterocycles. The van der Waals surface area contributed by atoms with Crippen molar-refractivity contribution >= 4 is 40.7 Å². The molecule has 0 aliphatic heterocycles. The van der Waals surface area contributed by atoms with Crippen LogP contribution in [0.4, 0.5) is 0 Å². The van der Waals surface area contributed by atoms with Gasteiger partial charge in [-0.2, -0.15) is 0 Å². The average Bonchev–Trinajstić information content (AvgIpc) is 2.78. The summed E-state index contributed by atoms with van der Waals surface area (Å²) >= 11 is 0. The first kappa shape index (κ1) is 27.8. The summed E-state index contributed by atoms with van der Waals surface area (Å²) in [4.78, 5) is 48.9. The van der Waals surface area contributed by atoms with E-state index in [9.17, 15) is 19.2 Å². The number of esters is 1. The van der Waals surface area contributed by atoms with Gasteiger partial charge in [0.1, 0.15) is 12.1 Å². The highest BCUT2D eigenvalue weighted by Crippen LogP contribution is 2.08. The molecule has 0 spiro atoms. The number of nitrogens with one attached hydrogen (secondary N) is 2. The third kappa shape index (κ3) is 9.42. The molecule has 2 aromatic rings. The first-order valence-electron chi connectivity index (χ1n) is 10.1. The van der Waals surface area contributed by atoms with Crippen molar-refractivity contribution in [3.05, 3.63) is 71.8 Å². The summed E-state index contributed by atoms with van der Waals surface area (Å²) in [6.45, 7) is 0. The van der Waals surface area contributed by atoms with Gasteiger partial charge in [-0.15, -0.1) is 17.0 Å². The van der Waals surface area contributed by atoms with Crippen molar-refractivity contribution in [3.8, 4) is 0 Å². The second-order valence-electron chi connectivity index (χ2n) is 7.30. The lowest BCUT2D eigenvalue weighted by atomic mass is 10.0. The van der Waals surface area contributed by atoms with Crippen molar-refractivity contribution < 1.29 is 23.9 Å². The molecule has 9 nitrogen and oxygen atoms in total. The Balaban J connectivity index is 0.00000544. The Hall–Kier alpha value is -3.24. The van der Waals surface area contributed by atoms with Gasteiger partial charge in [0.15, 0.2) is 0 Å². The first-order valence-corrected chi connectivity index (χ1v) is 10.1. The van der Waals surface area contributed by atoms with Gasteiger partial charge < -0.3 is 26.8 Å². The van der Waals surface area contributed by atoms with Gasteiger partial charge >= 0.3 is 5.97 Å². The third-order valence-electron chi connectivity index (χ3n) is 4.76. The predicted molar refractivity (Wildman–Crippen MR) is 128 cm³/mol. The molecule has 0 heterocycles. The summed E-state index contributed by atoms with van der Waals surface area (Å²) in [5.74, 6) is -2.62. The smallest absolute Gasteiger partial charge is 0.328 e. The van der Waals surface area contributed by atoms with Gasteiger partial charge in [-0.25, -0.2) is 4.79 Å². The maximum absolute atomic E-state index is 13.1. The minimum Gasteiger partial charge on any atom is -0.467 e. The molecule has 178 valence electrons. The molecule has 3 atom stereocenters. The molecule has 0 bridgehead atoms. The van der Waals surface area contributed by atoms with Gasteiger partial charge in [0.25, 0.3) is 0 Å². The van der Waals surface area contributed by atoms with Gasteiger partial charge in [0, 0.05) is 12.8 Å². The highest BCUT2D eigenvalue weighted by Gasteiger charge is 2.29. The molecule has 2 rings (SSSR count). The number of hydrogen-bond acceptors (Lipinski definition) is 6. The number of ether oxygens (including phenoxy) is 1. The minimum atomic E-state index is -1.20. The number of benzene rings is 2. The van der Waals surface area contributed by atoms with Gasteiger partial charge in [-0.05, 0) is 11.1 Å². The monoisotopic (exact) mass is 520 g/mol. The Kier molecular flexibility index (Phi) is 11.8. The van der Waals surface area contributed by atoms with E-state index in [0.29, 0.717) is 0 Å². The molecule has 2 aromatic carbocycles. The zero-order valence-corrected chi connectivity index (χ0v) is 19.9. The zero-order chi connectivity index (χ0) is 23.5. The van der Waals surface area contributed by atoms with Crippen molar-refractivity contribution in [2.45, 2.75) is 37.4 Å². The standard InChI is InChI=1S/C23H28N4O5.BrH/c1-32-23(31)19(13-16-10-6-3-7-11-16)27-22(30)18(12-15-8-4-2-5-9-15)26-21(29)17(24)14-20(25)28;/h2-11,17-19H,12-14,24H2,1H3,(H2,25,28)(H,26,29)(H,27,30);1H.